The van der Waals surface area contributed by atoms with Crippen molar-refractivity contribution in [2.45, 2.75) is 26.4 Å². The topological polar surface area (TPSA) is 93.4 Å². The lowest BCUT2D eigenvalue weighted by atomic mass is 10.2. The summed E-state index contributed by atoms with van der Waals surface area (Å²) in [5.74, 6) is 10.3. The third-order valence-corrected chi connectivity index (χ3v) is 2.89. The Morgan fingerprint density at radius 2 is 2.10 bits per heavy atom. The second-order valence-corrected chi connectivity index (χ2v) is 5.88. The van der Waals surface area contributed by atoms with E-state index in [4.69, 9.17) is 10.6 Å². The van der Waals surface area contributed by atoms with Gasteiger partial charge in [-0.1, -0.05) is 11.8 Å². The Kier molecular flexibility index (Phi) is 5.55. The fraction of sp³-hybridized carbons (Fsp3) is 0.385. The van der Waals surface area contributed by atoms with Gasteiger partial charge in [0.2, 0.25) is 0 Å². The van der Waals surface area contributed by atoms with E-state index >= 15 is 0 Å². The van der Waals surface area contributed by atoms with E-state index in [0.29, 0.717) is 4.88 Å². The molecule has 6 nitrogen and oxygen atoms in total. The maximum Gasteiger partial charge on any atom is 0.408 e. The zero-order chi connectivity index (χ0) is 15.2. The van der Waals surface area contributed by atoms with E-state index in [0.717, 1.165) is 4.88 Å². The fourth-order valence-corrected chi connectivity index (χ4v) is 1.94. The molecule has 0 atom stereocenters. The van der Waals surface area contributed by atoms with Crippen molar-refractivity contribution in [1.82, 2.24) is 10.7 Å². The maximum atomic E-state index is 11.3. The van der Waals surface area contributed by atoms with Crippen molar-refractivity contribution in [2.24, 2.45) is 5.84 Å². The van der Waals surface area contributed by atoms with E-state index in [1.54, 1.807) is 32.9 Å². The molecule has 0 fully saturated rings. The number of nitrogens with one attached hydrogen (secondary N) is 2. The zero-order valence-electron chi connectivity index (χ0n) is 11.6. The van der Waals surface area contributed by atoms with Crippen LogP contribution in [0.25, 0.3) is 0 Å². The molecule has 20 heavy (non-hydrogen) atoms. The number of rotatable bonds is 2. The molecule has 0 saturated carbocycles. The molecule has 0 spiro atoms. The van der Waals surface area contributed by atoms with Gasteiger partial charge in [-0.3, -0.25) is 10.2 Å². The van der Waals surface area contributed by atoms with Gasteiger partial charge in [0.05, 0.1) is 16.3 Å². The predicted molar refractivity (Wildman–Crippen MR) is 77.1 cm³/mol. The monoisotopic (exact) mass is 295 g/mol. The van der Waals surface area contributed by atoms with Gasteiger partial charge < -0.3 is 10.1 Å². The molecule has 7 heteroatoms. The van der Waals surface area contributed by atoms with Gasteiger partial charge in [0.1, 0.15) is 5.60 Å². The van der Waals surface area contributed by atoms with Crippen LogP contribution < -0.4 is 16.6 Å². The lowest BCUT2D eigenvalue weighted by Gasteiger charge is -2.18. The molecule has 1 aromatic heterocycles. The Balaban J connectivity index is 2.45. The third kappa shape index (κ3) is 5.73. The molecule has 0 unspecified atom stereocenters. The molecule has 1 rings (SSSR count). The average Bonchev–Trinajstić information content (AvgIpc) is 2.80. The van der Waals surface area contributed by atoms with Crippen LogP contribution in [0.1, 0.15) is 35.3 Å². The van der Waals surface area contributed by atoms with Crippen molar-refractivity contribution in [2.75, 3.05) is 6.54 Å². The number of nitrogen functional groups attached to an aromatic ring is 1. The predicted octanol–water partition coefficient (Wildman–Crippen LogP) is 1.23. The van der Waals surface area contributed by atoms with Crippen molar-refractivity contribution < 1.29 is 14.3 Å². The highest BCUT2D eigenvalue weighted by molar-refractivity contribution is 7.14. The summed E-state index contributed by atoms with van der Waals surface area (Å²) in [4.78, 5) is 23.8. The Labute approximate surface area is 121 Å². The van der Waals surface area contributed by atoms with Crippen molar-refractivity contribution in [3.8, 4) is 11.8 Å². The van der Waals surface area contributed by atoms with Crippen LogP contribution in [0.4, 0.5) is 4.79 Å². The summed E-state index contributed by atoms with van der Waals surface area (Å²) in [6.07, 6.45) is -0.513. The second-order valence-electron chi connectivity index (χ2n) is 4.79. The van der Waals surface area contributed by atoms with Crippen LogP contribution in [-0.4, -0.2) is 24.1 Å². The van der Waals surface area contributed by atoms with Crippen LogP contribution >= 0.6 is 11.3 Å². The SMILES string of the molecule is CC(C)(C)OC(=O)NCC#Cc1ccc(C(=O)NN)s1. The van der Waals surface area contributed by atoms with Crippen molar-refractivity contribution in [3.05, 3.63) is 21.9 Å². The summed E-state index contributed by atoms with van der Waals surface area (Å²) >= 11 is 1.22. The lowest BCUT2D eigenvalue weighted by Crippen LogP contribution is -2.32. The fourth-order valence-electron chi connectivity index (χ4n) is 1.16. The first kappa shape index (κ1) is 16.0. The summed E-state index contributed by atoms with van der Waals surface area (Å²) < 4.78 is 5.06. The van der Waals surface area contributed by atoms with Crippen molar-refractivity contribution >= 4 is 23.3 Å². The first-order valence-electron chi connectivity index (χ1n) is 5.88. The minimum atomic E-state index is -0.532. The summed E-state index contributed by atoms with van der Waals surface area (Å²) in [6, 6.07) is 3.36. The summed E-state index contributed by atoms with van der Waals surface area (Å²) in [7, 11) is 0. The number of carbonyl (C=O) groups is 2. The van der Waals surface area contributed by atoms with E-state index < -0.39 is 11.7 Å². The van der Waals surface area contributed by atoms with Crippen LogP contribution in [0.15, 0.2) is 12.1 Å². The number of ether oxygens (including phenoxy) is 1. The smallest absolute Gasteiger partial charge is 0.408 e. The molecule has 4 N–H and O–H groups in total. The van der Waals surface area contributed by atoms with Gasteiger partial charge in [-0.05, 0) is 32.9 Å². The molecule has 0 bridgehead atoms. The largest absolute Gasteiger partial charge is 0.444 e. The Morgan fingerprint density at radius 1 is 1.40 bits per heavy atom. The van der Waals surface area contributed by atoms with E-state index in [2.05, 4.69) is 17.2 Å². The highest BCUT2D eigenvalue weighted by Crippen LogP contribution is 2.14. The standard InChI is InChI=1S/C13H17N3O3S/c1-13(2,3)19-12(18)15-8-4-5-9-6-7-10(20-9)11(17)16-14/h6-7H,8,14H2,1-3H3,(H,15,18)(H,16,17). The van der Waals surface area contributed by atoms with Gasteiger partial charge in [-0.25, -0.2) is 10.6 Å². The first-order valence-corrected chi connectivity index (χ1v) is 6.70. The number of hydrazine groups is 1. The summed E-state index contributed by atoms with van der Waals surface area (Å²) in [6.45, 7) is 5.53. The van der Waals surface area contributed by atoms with Crippen molar-refractivity contribution in [3.63, 3.8) is 0 Å². The van der Waals surface area contributed by atoms with Gasteiger partial charge in [0.15, 0.2) is 0 Å². The Morgan fingerprint density at radius 3 is 2.70 bits per heavy atom. The minimum absolute atomic E-state index is 0.172. The molecule has 2 amide bonds. The second kappa shape index (κ2) is 6.93. The minimum Gasteiger partial charge on any atom is -0.444 e. The van der Waals surface area contributed by atoms with Crippen LogP contribution in [0.5, 0.6) is 0 Å². The number of hydrogen-bond donors (Lipinski definition) is 3. The Bertz CT molecular complexity index is 549. The summed E-state index contributed by atoms with van der Waals surface area (Å²) in [5, 5.41) is 2.52. The number of amides is 2. The number of nitrogens with two attached hydrogens (primary N) is 1. The maximum absolute atomic E-state index is 11.3. The van der Waals surface area contributed by atoms with Crippen LogP contribution in [0.3, 0.4) is 0 Å². The molecular formula is C13H17N3O3S. The highest BCUT2D eigenvalue weighted by Gasteiger charge is 2.15. The number of carbonyl (C=O) groups excluding carboxylic acids is 2. The van der Waals surface area contributed by atoms with Crippen molar-refractivity contribution in [1.29, 1.82) is 0 Å². The molecular weight excluding hydrogens is 278 g/mol. The van der Waals surface area contributed by atoms with Gasteiger partial charge in [-0.2, -0.15) is 0 Å². The number of hydrogen-bond acceptors (Lipinski definition) is 5. The highest BCUT2D eigenvalue weighted by atomic mass is 32.1. The average molecular weight is 295 g/mol. The van der Waals surface area contributed by atoms with E-state index in [1.807, 2.05) is 5.43 Å². The van der Waals surface area contributed by atoms with Gasteiger partial charge >= 0.3 is 6.09 Å². The molecule has 0 aliphatic rings. The molecule has 0 aliphatic carbocycles. The van der Waals surface area contributed by atoms with E-state index in [1.165, 1.54) is 11.3 Å². The molecule has 1 heterocycles. The Hall–Kier alpha value is -2.04. The van der Waals surface area contributed by atoms with E-state index in [9.17, 15) is 9.59 Å². The quantitative estimate of drug-likeness (QED) is 0.331. The molecule has 0 radical (unpaired) electrons. The summed E-state index contributed by atoms with van der Waals surface area (Å²) in [5.41, 5.74) is 1.52. The van der Waals surface area contributed by atoms with Crippen LogP contribution in [0.2, 0.25) is 0 Å². The van der Waals surface area contributed by atoms with Crippen LogP contribution in [0, 0.1) is 11.8 Å². The normalized spacial score (nSPS) is 10.2. The lowest BCUT2D eigenvalue weighted by molar-refractivity contribution is 0.0535. The molecule has 0 aliphatic heterocycles. The first-order chi connectivity index (χ1) is 9.31. The molecule has 108 valence electrons. The number of thiophene rings is 1. The number of alkyl carbamates (subject to hydrolysis) is 1. The van der Waals surface area contributed by atoms with E-state index in [-0.39, 0.29) is 12.5 Å². The molecule has 0 aromatic carbocycles. The zero-order valence-corrected chi connectivity index (χ0v) is 12.4. The van der Waals surface area contributed by atoms with Gasteiger partial charge in [-0.15, -0.1) is 11.3 Å². The molecule has 1 aromatic rings. The van der Waals surface area contributed by atoms with Gasteiger partial charge in [0, 0.05) is 0 Å². The van der Waals surface area contributed by atoms with Crippen LogP contribution in [-0.2, 0) is 4.74 Å². The van der Waals surface area contributed by atoms with Gasteiger partial charge in [0.25, 0.3) is 5.91 Å². The third-order valence-electron chi connectivity index (χ3n) is 1.89. The molecule has 0 saturated heterocycles.